The van der Waals surface area contributed by atoms with E-state index in [9.17, 15) is 14.9 Å². The number of fused-ring (bicyclic) bond motifs is 1. The van der Waals surface area contributed by atoms with Gasteiger partial charge in [-0.1, -0.05) is 35.3 Å². The van der Waals surface area contributed by atoms with Crippen LogP contribution in [-0.4, -0.2) is 13.0 Å². The third-order valence-electron chi connectivity index (χ3n) is 4.82. The molecule has 1 atom stereocenters. The highest BCUT2D eigenvalue weighted by Gasteiger charge is 2.19. The van der Waals surface area contributed by atoms with E-state index in [1.165, 1.54) is 7.11 Å². The second-order valence-corrected chi connectivity index (χ2v) is 7.41. The molecule has 3 rings (SSSR count). The number of carbonyl (C=O) groups excluding carboxylic acids is 1. The lowest BCUT2D eigenvalue weighted by Gasteiger charge is -2.14. The molecule has 6 nitrogen and oxygen atoms in total. The Kier molecular flexibility index (Phi) is 6.66. The summed E-state index contributed by atoms with van der Waals surface area (Å²) in [6.45, 7) is 1.81. The molecule has 154 valence electrons. The van der Waals surface area contributed by atoms with E-state index in [4.69, 9.17) is 32.4 Å². The van der Waals surface area contributed by atoms with Gasteiger partial charge >= 0.3 is 5.63 Å². The molecule has 0 bridgehead atoms. The maximum absolute atomic E-state index is 12.4. The van der Waals surface area contributed by atoms with Crippen molar-refractivity contribution in [3.8, 4) is 11.8 Å². The summed E-state index contributed by atoms with van der Waals surface area (Å²) in [5, 5.41) is 13.3. The lowest BCUT2D eigenvalue weighted by Crippen LogP contribution is -2.28. The maximum Gasteiger partial charge on any atom is 0.339 e. The smallest absolute Gasteiger partial charge is 0.339 e. The van der Waals surface area contributed by atoms with Crippen molar-refractivity contribution in [1.82, 2.24) is 5.32 Å². The zero-order chi connectivity index (χ0) is 21.8. The lowest BCUT2D eigenvalue weighted by atomic mass is 10.0. The van der Waals surface area contributed by atoms with Crippen LogP contribution in [0.15, 0.2) is 45.6 Å². The summed E-state index contributed by atoms with van der Waals surface area (Å²) in [7, 11) is 1.53. The van der Waals surface area contributed by atoms with Crippen LogP contribution in [-0.2, 0) is 11.2 Å². The van der Waals surface area contributed by atoms with Crippen molar-refractivity contribution < 1.29 is 13.9 Å². The first kappa shape index (κ1) is 21.7. The number of ether oxygens (including phenoxy) is 1. The summed E-state index contributed by atoms with van der Waals surface area (Å²) >= 11 is 12.1. The van der Waals surface area contributed by atoms with Crippen molar-refractivity contribution >= 4 is 40.1 Å². The van der Waals surface area contributed by atoms with Gasteiger partial charge in [0.05, 0.1) is 23.2 Å². The molecule has 30 heavy (non-hydrogen) atoms. The molecule has 0 saturated heterocycles. The molecule has 0 aliphatic heterocycles. The monoisotopic (exact) mass is 444 g/mol. The Morgan fingerprint density at radius 2 is 2.07 bits per heavy atom. The molecule has 0 radical (unpaired) electrons. The number of rotatable bonds is 6. The summed E-state index contributed by atoms with van der Waals surface area (Å²) < 4.78 is 10.5. The summed E-state index contributed by atoms with van der Waals surface area (Å²) in [6, 6.07) is 11.2. The van der Waals surface area contributed by atoms with Crippen LogP contribution in [0.2, 0.25) is 10.0 Å². The van der Waals surface area contributed by atoms with Crippen LogP contribution in [0.1, 0.15) is 29.2 Å². The molecule has 1 N–H and O–H groups in total. The molecule has 1 unspecified atom stereocenters. The van der Waals surface area contributed by atoms with E-state index in [-0.39, 0.29) is 17.9 Å². The summed E-state index contributed by atoms with van der Waals surface area (Å²) in [5.74, 6) is 0.186. The number of halogens is 2. The van der Waals surface area contributed by atoms with E-state index in [0.717, 1.165) is 10.9 Å². The summed E-state index contributed by atoms with van der Waals surface area (Å²) in [6.07, 6.45) is 0.174. The predicted octanol–water partition coefficient (Wildman–Crippen LogP) is 4.73. The highest BCUT2D eigenvalue weighted by atomic mass is 35.5. The quantitative estimate of drug-likeness (QED) is 0.554. The Bertz CT molecular complexity index is 1210. The van der Waals surface area contributed by atoms with E-state index in [1.807, 2.05) is 19.1 Å². The average Bonchev–Trinajstić information content (AvgIpc) is 2.73. The van der Waals surface area contributed by atoms with Gasteiger partial charge in [0.25, 0.3) is 0 Å². The van der Waals surface area contributed by atoms with Gasteiger partial charge in [0.2, 0.25) is 5.91 Å². The number of hydrogen-bond donors (Lipinski definition) is 1. The fourth-order valence-electron chi connectivity index (χ4n) is 3.19. The zero-order valence-corrected chi connectivity index (χ0v) is 17.8. The maximum atomic E-state index is 12.4. The van der Waals surface area contributed by atoms with Crippen molar-refractivity contribution in [3.63, 3.8) is 0 Å². The number of benzene rings is 2. The lowest BCUT2D eigenvalue weighted by molar-refractivity contribution is -0.121. The third-order valence-corrected chi connectivity index (χ3v) is 5.66. The zero-order valence-electron chi connectivity index (χ0n) is 16.3. The summed E-state index contributed by atoms with van der Waals surface area (Å²) in [4.78, 5) is 24.9. The standard InChI is InChI=1S/C22H18Cl2N2O4/c1-12-14-7-6-13(29-2)10-19(14)30-22(28)15(12)8-9-20(27)26-18(11-25)16-4-3-5-17(23)21(16)24/h3-7,10,18H,8-9H2,1-2H3,(H,26,27). The van der Waals surface area contributed by atoms with E-state index in [0.29, 0.717) is 27.5 Å². The van der Waals surface area contributed by atoms with Gasteiger partial charge in [-0.25, -0.2) is 4.79 Å². The molecular weight excluding hydrogens is 427 g/mol. The first-order valence-electron chi connectivity index (χ1n) is 9.09. The highest BCUT2D eigenvalue weighted by Crippen LogP contribution is 2.30. The molecular formula is C22H18Cl2N2O4. The second kappa shape index (κ2) is 9.21. The Morgan fingerprint density at radius 1 is 1.30 bits per heavy atom. The van der Waals surface area contributed by atoms with Gasteiger partial charge in [0, 0.05) is 29.0 Å². The van der Waals surface area contributed by atoms with Crippen LogP contribution in [0.3, 0.4) is 0 Å². The van der Waals surface area contributed by atoms with E-state index in [2.05, 4.69) is 5.32 Å². The molecule has 0 aliphatic rings. The molecule has 2 aromatic carbocycles. The topological polar surface area (TPSA) is 92.3 Å². The molecule has 0 fully saturated rings. The number of nitrogens with one attached hydrogen (secondary N) is 1. The van der Waals surface area contributed by atoms with Crippen LogP contribution in [0.25, 0.3) is 11.0 Å². The molecule has 1 aromatic heterocycles. The van der Waals surface area contributed by atoms with Crippen LogP contribution in [0.4, 0.5) is 0 Å². The van der Waals surface area contributed by atoms with Crippen LogP contribution >= 0.6 is 23.2 Å². The number of amides is 1. The number of methoxy groups -OCH3 is 1. The SMILES string of the molecule is COc1ccc2c(C)c(CCC(=O)NC(C#N)c3cccc(Cl)c3Cl)c(=O)oc2c1. The van der Waals surface area contributed by atoms with Crippen LogP contribution < -0.4 is 15.7 Å². The Hall–Kier alpha value is -3.01. The second-order valence-electron chi connectivity index (χ2n) is 6.63. The van der Waals surface area contributed by atoms with Crippen LogP contribution in [0, 0.1) is 18.3 Å². The molecule has 1 heterocycles. The molecule has 0 saturated carbocycles. The fraction of sp³-hybridized carbons (Fsp3) is 0.227. The van der Waals surface area contributed by atoms with Gasteiger partial charge in [-0.05, 0) is 37.1 Å². The van der Waals surface area contributed by atoms with E-state index in [1.54, 1.807) is 30.3 Å². The Labute approximate surface area is 183 Å². The first-order chi connectivity index (χ1) is 14.3. The predicted molar refractivity (Wildman–Crippen MR) is 115 cm³/mol. The number of carbonyl (C=O) groups is 1. The number of aryl methyl sites for hydroxylation is 1. The van der Waals surface area contributed by atoms with Crippen molar-refractivity contribution in [2.45, 2.75) is 25.8 Å². The van der Waals surface area contributed by atoms with Crippen molar-refractivity contribution in [1.29, 1.82) is 5.26 Å². The molecule has 0 aliphatic carbocycles. The Balaban J connectivity index is 1.77. The fourth-order valence-corrected chi connectivity index (χ4v) is 3.60. The van der Waals surface area contributed by atoms with E-state index >= 15 is 0 Å². The van der Waals surface area contributed by atoms with Gasteiger partial charge in [0.1, 0.15) is 17.4 Å². The molecule has 0 spiro atoms. The van der Waals surface area contributed by atoms with E-state index < -0.39 is 17.6 Å². The normalized spacial score (nSPS) is 11.7. The van der Waals surface area contributed by atoms with Crippen LogP contribution in [0.5, 0.6) is 5.75 Å². The Morgan fingerprint density at radius 3 is 2.77 bits per heavy atom. The molecule has 3 aromatic rings. The minimum atomic E-state index is -0.953. The third kappa shape index (κ3) is 4.43. The van der Waals surface area contributed by atoms with Gasteiger partial charge in [-0.2, -0.15) is 5.26 Å². The molecule has 1 amide bonds. The molecule has 8 heteroatoms. The highest BCUT2D eigenvalue weighted by molar-refractivity contribution is 6.42. The van der Waals surface area contributed by atoms with Crippen molar-refractivity contribution in [3.05, 3.63) is 73.6 Å². The number of hydrogen-bond acceptors (Lipinski definition) is 5. The van der Waals surface area contributed by atoms with Gasteiger partial charge < -0.3 is 14.5 Å². The summed E-state index contributed by atoms with van der Waals surface area (Å²) in [5.41, 5.74) is 1.49. The van der Waals surface area contributed by atoms with Gasteiger partial charge in [-0.15, -0.1) is 0 Å². The van der Waals surface area contributed by atoms with Crippen molar-refractivity contribution in [2.24, 2.45) is 0 Å². The largest absolute Gasteiger partial charge is 0.497 e. The first-order valence-corrected chi connectivity index (χ1v) is 9.84. The van der Waals surface area contributed by atoms with Crippen molar-refractivity contribution in [2.75, 3.05) is 7.11 Å². The minimum absolute atomic E-state index is 0.00360. The minimum Gasteiger partial charge on any atom is -0.497 e. The average molecular weight is 445 g/mol. The number of nitrogens with zero attached hydrogens (tertiary/aromatic N) is 1. The van der Waals surface area contributed by atoms with Gasteiger partial charge in [-0.3, -0.25) is 4.79 Å². The van der Waals surface area contributed by atoms with Gasteiger partial charge in [0.15, 0.2) is 0 Å². The number of nitriles is 1.